The van der Waals surface area contributed by atoms with Gasteiger partial charge in [0.2, 0.25) is 11.8 Å². The van der Waals surface area contributed by atoms with E-state index in [4.69, 9.17) is 0 Å². The van der Waals surface area contributed by atoms with Gasteiger partial charge in [-0.3, -0.25) is 20.4 Å². The Morgan fingerprint density at radius 2 is 1.65 bits per heavy atom. The molecule has 0 aromatic heterocycles. The minimum atomic E-state index is -0.0575. The lowest BCUT2D eigenvalue weighted by Gasteiger charge is -2.22. The highest BCUT2D eigenvalue weighted by molar-refractivity contribution is 5.83. The molecule has 0 bridgehead atoms. The molecule has 5 nitrogen and oxygen atoms in total. The standard InChI is InChI=1S/C15H27N3O2/c19-14(7-6-12-4-2-1-3-5-12)17-18-15(20)13-8-10-16-11-9-13/h12-13,16H,1-11H2,(H,17,19)(H,18,20). The fraction of sp³-hybridized carbons (Fsp3) is 0.867. The SMILES string of the molecule is O=C(CCC1CCCCC1)NNC(=O)C1CCNCC1. The summed E-state index contributed by atoms with van der Waals surface area (Å²) >= 11 is 0. The number of hydrazine groups is 1. The van der Waals surface area contributed by atoms with Gasteiger partial charge < -0.3 is 5.32 Å². The Hall–Kier alpha value is -1.10. The first kappa shape index (κ1) is 15.3. The van der Waals surface area contributed by atoms with E-state index in [9.17, 15) is 9.59 Å². The van der Waals surface area contributed by atoms with Crippen LogP contribution >= 0.6 is 0 Å². The summed E-state index contributed by atoms with van der Waals surface area (Å²) in [5.74, 6) is 0.639. The van der Waals surface area contributed by atoms with Crippen LogP contribution in [0.4, 0.5) is 0 Å². The average Bonchev–Trinajstić information content (AvgIpc) is 2.52. The third-order valence-corrected chi connectivity index (χ3v) is 4.54. The number of hydrogen-bond donors (Lipinski definition) is 3. The van der Waals surface area contributed by atoms with E-state index < -0.39 is 0 Å². The van der Waals surface area contributed by atoms with Gasteiger partial charge in [0, 0.05) is 12.3 Å². The van der Waals surface area contributed by atoms with Crippen molar-refractivity contribution < 1.29 is 9.59 Å². The minimum Gasteiger partial charge on any atom is -0.317 e. The highest BCUT2D eigenvalue weighted by Crippen LogP contribution is 2.27. The summed E-state index contributed by atoms with van der Waals surface area (Å²) in [7, 11) is 0. The third kappa shape index (κ3) is 5.12. The molecule has 0 radical (unpaired) electrons. The van der Waals surface area contributed by atoms with Crippen molar-refractivity contribution in [2.24, 2.45) is 11.8 Å². The summed E-state index contributed by atoms with van der Waals surface area (Å²) in [4.78, 5) is 23.6. The van der Waals surface area contributed by atoms with Gasteiger partial charge in [0.15, 0.2) is 0 Å². The lowest BCUT2D eigenvalue weighted by molar-refractivity contribution is -0.131. The van der Waals surface area contributed by atoms with Gasteiger partial charge >= 0.3 is 0 Å². The van der Waals surface area contributed by atoms with E-state index in [1.54, 1.807) is 0 Å². The van der Waals surface area contributed by atoms with Crippen molar-refractivity contribution in [3.8, 4) is 0 Å². The molecule has 0 atom stereocenters. The molecule has 1 aliphatic heterocycles. The number of carbonyl (C=O) groups is 2. The van der Waals surface area contributed by atoms with E-state index in [-0.39, 0.29) is 17.7 Å². The molecule has 1 aliphatic carbocycles. The molecule has 2 rings (SSSR count). The molecule has 20 heavy (non-hydrogen) atoms. The Labute approximate surface area is 121 Å². The van der Waals surface area contributed by atoms with E-state index in [1.807, 2.05) is 0 Å². The second-order valence-corrected chi connectivity index (χ2v) is 6.10. The molecular weight excluding hydrogens is 254 g/mol. The van der Waals surface area contributed by atoms with Crippen molar-refractivity contribution in [3.05, 3.63) is 0 Å². The van der Waals surface area contributed by atoms with Gasteiger partial charge in [-0.25, -0.2) is 0 Å². The molecule has 2 fully saturated rings. The smallest absolute Gasteiger partial charge is 0.241 e. The Bertz CT molecular complexity index is 321. The maximum atomic E-state index is 11.9. The molecular formula is C15H27N3O2. The largest absolute Gasteiger partial charge is 0.317 e. The first-order chi connectivity index (χ1) is 9.75. The third-order valence-electron chi connectivity index (χ3n) is 4.54. The Kier molecular flexibility index (Phi) is 6.30. The zero-order valence-electron chi connectivity index (χ0n) is 12.2. The van der Waals surface area contributed by atoms with E-state index in [0.29, 0.717) is 12.3 Å². The minimum absolute atomic E-state index is 0.0369. The van der Waals surface area contributed by atoms with Crippen LogP contribution in [0.2, 0.25) is 0 Å². The Morgan fingerprint density at radius 1 is 0.950 bits per heavy atom. The molecule has 1 heterocycles. The van der Waals surface area contributed by atoms with Gasteiger partial charge in [0.25, 0.3) is 0 Å². The summed E-state index contributed by atoms with van der Waals surface area (Å²) in [5.41, 5.74) is 5.13. The predicted molar refractivity (Wildman–Crippen MR) is 77.7 cm³/mol. The number of rotatable bonds is 4. The maximum Gasteiger partial charge on any atom is 0.241 e. The van der Waals surface area contributed by atoms with Crippen molar-refractivity contribution in [2.75, 3.05) is 13.1 Å². The molecule has 3 N–H and O–H groups in total. The zero-order valence-corrected chi connectivity index (χ0v) is 12.2. The topological polar surface area (TPSA) is 70.2 Å². The fourth-order valence-corrected chi connectivity index (χ4v) is 3.19. The van der Waals surface area contributed by atoms with Crippen LogP contribution in [0.25, 0.3) is 0 Å². The van der Waals surface area contributed by atoms with Gasteiger partial charge in [-0.2, -0.15) is 0 Å². The lowest BCUT2D eigenvalue weighted by atomic mass is 9.86. The molecule has 5 heteroatoms. The summed E-state index contributed by atoms with van der Waals surface area (Å²) in [5, 5.41) is 3.22. The van der Waals surface area contributed by atoms with E-state index in [0.717, 1.165) is 32.4 Å². The number of amides is 2. The zero-order chi connectivity index (χ0) is 14.2. The van der Waals surface area contributed by atoms with Crippen LogP contribution < -0.4 is 16.2 Å². The van der Waals surface area contributed by atoms with E-state index in [2.05, 4.69) is 16.2 Å². The van der Waals surface area contributed by atoms with Gasteiger partial charge in [-0.15, -0.1) is 0 Å². The Morgan fingerprint density at radius 3 is 2.35 bits per heavy atom. The van der Waals surface area contributed by atoms with Crippen LogP contribution in [0.5, 0.6) is 0 Å². The second-order valence-electron chi connectivity index (χ2n) is 6.10. The molecule has 0 spiro atoms. The van der Waals surface area contributed by atoms with Crippen molar-refractivity contribution >= 4 is 11.8 Å². The summed E-state index contributed by atoms with van der Waals surface area (Å²) in [6.45, 7) is 1.77. The van der Waals surface area contributed by atoms with E-state index in [1.165, 1.54) is 32.1 Å². The highest BCUT2D eigenvalue weighted by Gasteiger charge is 2.21. The number of nitrogens with one attached hydrogen (secondary N) is 3. The molecule has 2 amide bonds. The van der Waals surface area contributed by atoms with Crippen LogP contribution in [-0.4, -0.2) is 24.9 Å². The van der Waals surface area contributed by atoms with Crippen LogP contribution in [0.3, 0.4) is 0 Å². The molecule has 1 saturated heterocycles. The lowest BCUT2D eigenvalue weighted by Crippen LogP contribution is -2.46. The summed E-state index contributed by atoms with van der Waals surface area (Å²) < 4.78 is 0. The average molecular weight is 281 g/mol. The highest BCUT2D eigenvalue weighted by atomic mass is 16.2. The number of piperidine rings is 1. The van der Waals surface area contributed by atoms with Gasteiger partial charge in [-0.1, -0.05) is 32.1 Å². The van der Waals surface area contributed by atoms with Gasteiger partial charge in [-0.05, 0) is 38.3 Å². The molecule has 0 unspecified atom stereocenters. The Balaban J connectivity index is 1.58. The molecule has 1 saturated carbocycles. The fourth-order valence-electron chi connectivity index (χ4n) is 3.19. The number of hydrogen-bond acceptors (Lipinski definition) is 3. The quantitative estimate of drug-likeness (QED) is 0.684. The monoisotopic (exact) mass is 281 g/mol. The van der Waals surface area contributed by atoms with Crippen LogP contribution in [0, 0.1) is 11.8 Å². The summed E-state index contributed by atoms with van der Waals surface area (Å²) in [6.07, 6.45) is 9.65. The maximum absolute atomic E-state index is 11.9. The van der Waals surface area contributed by atoms with Crippen LogP contribution in [-0.2, 0) is 9.59 Å². The van der Waals surface area contributed by atoms with Gasteiger partial charge in [0.05, 0.1) is 0 Å². The van der Waals surface area contributed by atoms with E-state index >= 15 is 0 Å². The first-order valence-corrected chi connectivity index (χ1v) is 8.05. The van der Waals surface area contributed by atoms with Crippen molar-refractivity contribution in [1.82, 2.24) is 16.2 Å². The normalized spacial score (nSPS) is 21.4. The molecule has 0 aromatic carbocycles. The first-order valence-electron chi connectivity index (χ1n) is 8.05. The van der Waals surface area contributed by atoms with Crippen molar-refractivity contribution in [1.29, 1.82) is 0 Å². The molecule has 0 aromatic rings. The van der Waals surface area contributed by atoms with Crippen LogP contribution in [0.15, 0.2) is 0 Å². The predicted octanol–water partition coefficient (Wildman–Crippen LogP) is 1.49. The van der Waals surface area contributed by atoms with Gasteiger partial charge in [0.1, 0.15) is 0 Å². The molecule has 2 aliphatic rings. The molecule has 114 valence electrons. The second kappa shape index (κ2) is 8.25. The van der Waals surface area contributed by atoms with Crippen molar-refractivity contribution in [3.63, 3.8) is 0 Å². The number of carbonyl (C=O) groups excluding carboxylic acids is 2. The summed E-state index contributed by atoms with van der Waals surface area (Å²) in [6, 6.07) is 0. The van der Waals surface area contributed by atoms with Crippen LogP contribution in [0.1, 0.15) is 57.8 Å². The van der Waals surface area contributed by atoms with Crippen molar-refractivity contribution in [2.45, 2.75) is 57.8 Å².